The average molecular weight is 403 g/mol. The van der Waals surface area contributed by atoms with Crippen molar-refractivity contribution in [1.82, 2.24) is 34.5 Å². The molecule has 1 N–H and O–H groups in total. The van der Waals surface area contributed by atoms with E-state index in [9.17, 15) is 9.59 Å². The molecular formula is C19H29N7O3. The molecule has 0 bridgehead atoms. The number of morpholine rings is 1. The maximum atomic E-state index is 12.7. The summed E-state index contributed by atoms with van der Waals surface area (Å²) >= 11 is 0. The molecule has 158 valence electrons. The van der Waals surface area contributed by atoms with Gasteiger partial charge in [0.25, 0.3) is 5.56 Å². The van der Waals surface area contributed by atoms with Crippen LogP contribution in [-0.2, 0) is 18.3 Å². The molecule has 1 saturated carbocycles. The van der Waals surface area contributed by atoms with E-state index in [0.717, 1.165) is 76.1 Å². The van der Waals surface area contributed by atoms with Gasteiger partial charge in [-0.1, -0.05) is 12.8 Å². The van der Waals surface area contributed by atoms with Crippen LogP contribution in [0.2, 0.25) is 0 Å². The van der Waals surface area contributed by atoms with Gasteiger partial charge in [0.2, 0.25) is 0 Å². The van der Waals surface area contributed by atoms with Crippen LogP contribution in [0.15, 0.2) is 9.59 Å². The van der Waals surface area contributed by atoms with E-state index in [-0.39, 0.29) is 17.2 Å². The Labute approximate surface area is 168 Å². The number of nitrogens with one attached hydrogen (secondary N) is 1. The number of hydrogen-bond donors (Lipinski definition) is 1. The van der Waals surface area contributed by atoms with Crippen molar-refractivity contribution in [3.63, 3.8) is 0 Å². The normalized spacial score (nSPS) is 18.7. The number of aromatic nitrogens is 5. The molecule has 0 amide bonds. The highest BCUT2D eigenvalue weighted by Crippen LogP contribution is 2.29. The maximum absolute atomic E-state index is 12.7. The lowest BCUT2D eigenvalue weighted by molar-refractivity contribution is 0.0374. The van der Waals surface area contributed by atoms with E-state index >= 15 is 0 Å². The van der Waals surface area contributed by atoms with Gasteiger partial charge in [0.1, 0.15) is 0 Å². The van der Waals surface area contributed by atoms with Crippen molar-refractivity contribution < 1.29 is 4.74 Å². The van der Waals surface area contributed by atoms with Crippen LogP contribution in [0.3, 0.4) is 0 Å². The molecule has 2 aliphatic rings. The number of nitrogens with zero attached hydrogens (tertiary/aromatic N) is 6. The van der Waals surface area contributed by atoms with E-state index < -0.39 is 5.56 Å². The Kier molecular flexibility index (Phi) is 6.31. The zero-order valence-corrected chi connectivity index (χ0v) is 17.0. The molecule has 0 radical (unpaired) electrons. The molecule has 10 heteroatoms. The van der Waals surface area contributed by atoms with Gasteiger partial charge in [-0.3, -0.25) is 18.8 Å². The van der Waals surface area contributed by atoms with Crippen molar-refractivity contribution in [2.24, 2.45) is 7.05 Å². The molecule has 0 atom stereocenters. The molecule has 3 heterocycles. The molecular weight excluding hydrogens is 374 g/mol. The molecule has 2 fully saturated rings. The molecule has 0 spiro atoms. The van der Waals surface area contributed by atoms with Crippen molar-refractivity contribution in [1.29, 1.82) is 0 Å². The molecule has 0 unspecified atom stereocenters. The van der Waals surface area contributed by atoms with Gasteiger partial charge in [0, 0.05) is 26.2 Å². The fourth-order valence-corrected chi connectivity index (χ4v) is 4.18. The minimum Gasteiger partial charge on any atom is -0.379 e. The Hall–Kier alpha value is -2.17. The predicted molar refractivity (Wildman–Crippen MR) is 108 cm³/mol. The third-order valence-corrected chi connectivity index (χ3v) is 5.85. The van der Waals surface area contributed by atoms with Crippen LogP contribution in [0.4, 0.5) is 0 Å². The van der Waals surface area contributed by atoms with Gasteiger partial charge in [0.15, 0.2) is 17.0 Å². The SMILES string of the molecule is Cn1c(=O)c2nc(CNCCCN3CCOCC3)nnc2n(C2CCCC2)c1=O. The van der Waals surface area contributed by atoms with Crippen LogP contribution < -0.4 is 16.6 Å². The standard InChI is InChI=1S/C19H29N7O3/c1-24-18(27)16-17(26(19(24)28)14-5-2-3-6-14)23-22-15(21-16)13-20-7-4-8-25-9-11-29-12-10-25/h14,20H,2-13H2,1H3. The third kappa shape index (κ3) is 4.39. The van der Waals surface area contributed by atoms with Gasteiger partial charge in [-0.2, -0.15) is 0 Å². The topological polar surface area (TPSA) is 107 Å². The van der Waals surface area contributed by atoms with Gasteiger partial charge >= 0.3 is 5.69 Å². The monoisotopic (exact) mass is 403 g/mol. The Morgan fingerprint density at radius 1 is 1.14 bits per heavy atom. The van der Waals surface area contributed by atoms with Gasteiger partial charge in [-0.15, -0.1) is 10.2 Å². The fraction of sp³-hybridized carbons (Fsp3) is 0.737. The number of rotatable bonds is 7. The van der Waals surface area contributed by atoms with Crippen molar-refractivity contribution in [3.8, 4) is 0 Å². The van der Waals surface area contributed by atoms with Crippen molar-refractivity contribution in [2.45, 2.75) is 44.7 Å². The minimum absolute atomic E-state index is 0.0667. The van der Waals surface area contributed by atoms with Crippen molar-refractivity contribution >= 4 is 11.2 Å². The third-order valence-electron chi connectivity index (χ3n) is 5.85. The highest BCUT2D eigenvalue weighted by Gasteiger charge is 2.24. The molecule has 1 saturated heterocycles. The van der Waals surface area contributed by atoms with Crippen LogP contribution in [-0.4, -0.2) is 68.6 Å². The Morgan fingerprint density at radius 2 is 1.90 bits per heavy atom. The van der Waals surface area contributed by atoms with E-state index in [1.165, 1.54) is 7.05 Å². The second kappa shape index (κ2) is 9.10. The summed E-state index contributed by atoms with van der Waals surface area (Å²) in [7, 11) is 1.50. The first kappa shape index (κ1) is 20.1. The quantitative estimate of drug-likeness (QED) is 0.634. The molecule has 2 aromatic heterocycles. The molecule has 29 heavy (non-hydrogen) atoms. The van der Waals surface area contributed by atoms with Crippen LogP contribution >= 0.6 is 0 Å². The molecule has 10 nitrogen and oxygen atoms in total. The van der Waals surface area contributed by atoms with Crippen molar-refractivity contribution in [3.05, 3.63) is 26.7 Å². The number of hydrogen-bond acceptors (Lipinski definition) is 8. The Balaban J connectivity index is 1.44. The smallest absolute Gasteiger partial charge is 0.332 e. The maximum Gasteiger partial charge on any atom is 0.332 e. The average Bonchev–Trinajstić information content (AvgIpc) is 3.27. The van der Waals surface area contributed by atoms with Gasteiger partial charge < -0.3 is 10.1 Å². The van der Waals surface area contributed by atoms with Crippen LogP contribution in [0.1, 0.15) is 44.0 Å². The zero-order chi connectivity index (χ0) is 20.2. The largest absolute Gasteiger partial charge is 0.379 e. The van der Waals surface area contributed by atoms with E-state index in [1.807, 2.05) is 0 Å². The summed E-state index contributed by atoms with van der Waals surface area (Å²) in [6.07, 6.45) is 5.01. The summed E-state index contributed by atoms with van der Waals surface area (Å²) in [6, 6.07) is 0.0667. The highest BCUT2D eigenvalue weighted by atomic mass is 16.5. The van der Waals surface area contributed by atoms with Crippen LogP contribution in [0.25, 0.3) is 11.2 Å². The van der Waals surface area contributed by atoms with Gasteiger partial charge in [-0.05, 0) is 32.4 Å². The van der Waals surface area contributed by atoms with Crippen molar-refractivity contribution in [2.75, 3.05) is 39.4 Å². The van der Waals surface area contributed by atoms with Gasteiger partial charge in [-0.25, -0.2) is 9.78 Å². The van der Waals surface area contributed by atoms with E-state index in [1.54, 1.807) is 4.57 Å². The highest BCUT2D eigenvalue weighted by molar-refractivity contribution is 5.68. The lowest BCUT2D eigenvalue weighted by Crippen LogP contribution is -2.40. The Morgan fingerprint density at radius 3 is 2.66 bits per heavy atom. The first-order valence-electron chi connectivity index (χ1n) is 10.5. The summed E-state index contributed by atoms with van der Waals surface area (Å²) in [4.78, 5) is 32.1. The molecule has 4 rings (SSSR count). The number of ether oxygens (including phenoxy) is 1. The fourth-order valence-electron chi connectivity index (χ4n) is 4.18. The first-order chi connectivity index (χ1) is 14.1. The molecule has 0 aromatic carbocycles. The van der Waals surface area contributed by atoms with E-state index in [2.05, 4.69) is 25.4 Å². The lowest BCUT2D eigenvalue weighted by Gasteiger charge is -2.26. The number of fused-ring (bicyclic) bond motifs is 1. The van der Waals surface area contributed by atoms with E-state index in [0.29, 0.717) is 18.0 Å². The summed E-state index contributed by atoms with van der Waals surface area (Å²) in [6.45, 7) is 5.90. The summed E-state index contributed by atoms with van der Waals surface area (Å²) in [5, 5.41) is 11.7. The molecule has 1 aliphatic carbocycles. The molecule has 1 aliphatic heterocycles. The predicted octanol–water partition coefficient (Wildman–Crippen LogP) is -0.188. The second-order valence-electron chi connectivity index (χ2n) is 7.84. The van der Waals surface area contributed by atoms with Crippen LogP contribution in [0.5, 0.6) is 0 Å². The summed E-state index contributed by atoms with van der Waals surface area (Å²) in [5.41, 5.74) is -0.220. The minimum atomic E-state index is -0.414. The van der Waals surface area contributed by atoms with Gasteiger partial charge in [0.05, 0.1) is 19.8 Å². The first-order valence-corrected chi connectivity index (χ1v) is 10.5. The summed E-state index contributed by atoms with van der Waals surface area (Å²) < 4.78 is 8.11. The zero-order valence-electron chi connectivity index (χ0n) is 17.0. The Bertz CT molecular complexity index is 959. The van der Waals surface area contributed by atoms with Crippen LogP contribution in [0, 0.1) is 0 Å². The molecule has 2 aromatic rings. The van der Waals surface area contributed by atoms with E-state index in [4.69, 9.17) is 4.74 Å². The summed E-state index contributed by atoms with van der Waals surface area (Å²) in [5.74, 6) is 0.470. The second-order valence-corrected chi connectivity index (χ2v) is 7.84. The lowest BCUT2D eigenvalue weighted by atomic mass is 10.2.